The molecule has 1 unspecified atom stereocenters. The Bertz CT molecular complexity index is 137. The van der Waals surface area contributed by atoms with E-state index >= 15 is 0 Å². The second-order valence-corrected chi connectivity index (χ2v) is 4.45. The Hall–Kier alpha value is -0.0500. The zero-order chi connectivity index (χ0) is 10.1. The third-order valence-electron chi connectivity index (χ3n) is 2.07. The number of unbranched alkanes of at least 4 members (excludes halogenated alkanes) is 5. The molecule has 3 heteroatoms. The minimum absolute atomic E-state index is 0.460. The standard InChI is InChI=1S/C10H19BrO2/c1-2-3-4-5-6-7-8-9(11)10(12)13/h9H,2-8H2,1H3,(H,12,13)/p-1. The van der Waals surface area contributed by atoms with Crippen molar-refractivity contribution in [3.63, 3.8) is 0 Å². The Morgan fingerprint density at radius 2 is 1.77 bits per heavy atom. The van der Waals surface area contributed by atoms with Crippen LogP contribution in [0.2, 0.25) is 0 Å². The van der Waals surface area contributed by atoms with Crippen LogP contribution in [0.15, 0.2) is 0 Å². The van der Waals surface area contributed by atoms with Gasteiger partial charge in [-0.15, -0.1) is 0 Å². The van der Waals surface area contributed by atoms with Gasteiger partial charge in [0.15, 0.2) is 0 Å². The highest BCUT2D eigenvalue weighted by molar-refractivity contribution is 9.10. The number of carboxylic acid groups (broad SMARTS) is 1. The van der Waals surface area contributed by atoms with E-state index in [9.17, 15) is 9.90 Å². The van der Waals surface area contributed by atoms with Crippen molar-refractivity contribution in [2.24, 2.45) is 0 Å². The summed E-state index contributed by atoms with van der Waals surface area (Å²) in [7, 11) is 0. The first-order chi connectivity index (χ1) is 6.18. The van der Waals surface area contributed by atoms with Crippen LogP contribution in [0, 0.1) is 0 Å². The molecular weight excluding hydrogens is 232 g/mol. The first-order valence-electron chi connectivity index (χ1n) is 5.03. The van der Waals surface area contributed by atoms with Crippen LogP contribution in [0.3, 0.4) is 0 Å². The molecule has 0 aromatic rings. The summed E-state index contributed by atoms with van der Waals surface area (Å²) < 4.78 is 0. The fourth-order valence-corrected chi connectivity index (χ4v) is 1.55. The number of carbonyl (C=O) groups excluding carboxylic acids is 1. The molecule has 0 saturated carbocycles. The third-order valence-corrected chi connectivity index (χ3v) is 2.90. The second kappa shape index (κ2) is 8.54. The lowest BCUT2D eigenvalue weighted by atomic mass is 10.1. The molecule has 0 aliphatic rings. The Labute approximate surface area is 88.8 Å². The van der Waals surface area contributed by atoms with E-state index in [1.54, 1.807) is 0 Å². The van der Waals surface area contributed by atoms with E-state index in [4.69, 9.17) is 0 Å². The van der Waals surface area contributed by atoms with Crippen molar-refractivity contribution >= 4 is 21.9 Å². The molecule has 0 saturated heterocycles. The Balaban J connectivity index is 3.11. The Kier molecular flexibility index (Phi) is 8.51. The van der Waals surface area contributed by atoms with E-state index in [0.29, 0.717) is 6.42 Å². The number of alkyl halides is 1. The van der Waals surface area contributed by atoms with Crippen molar-refractivity contribution in [2.75, 3.05) is 0 Å². The number of hydrogen-bond acceptors (Lipinski definition) is 2. The fourth-order valence-electron chi connectivity index (χ4n) is 1.22. The van der Waals surface area contributed by atoms with Crippen LogP contribution in [0.1, 0.15) is 51.9 Å². The van der Waals surface area contributed by atoms with Crippen molar-refractivity contribution in [1.82, 2.24) is 0 Å². The van der Waals surface area contributed by atoms with Gasteiger partial charge in [-0.25, -0.2) is 0 Å². The minimum atomic E-state index is -0.992. The zero-order valence-electron chi connectivity index (χ0n) is 8.22. The molecule has 0 bridgehead atoms. The normalized spacial score (nSPS) is 12.8. The fraction of sp³-hybridized carbons (Fsp3) is 0.900. The zero-order valence-corrected chi connectivity index (χ0v) is 9.81. The highest BCUT2D eigenvalue weighted by Crippen LogP contribution is 2.12. The summed E-state index contributed by atoms with van der Waals surface area (Å²) in [4.78, 5) is 9.85. The SMILES string of the molecule is CCCCCCCCC(Br)C(=O)[O-]. The van der Waals surface area contributed by atoms with Crippen molar-refractivity contribution in [2.45, 2.75) is 56.7 Å². The molecule has 78 valence electrons. The highest BCUT2D eigenvalue weighted by atomic mass is 79.9. The lowest BCUT2D eigenvalue weighted by Gasteiger charge is -2.09. The van der Waals surface area contributed by atoms with Gasteiger partial charge in [-0.3, -0.25) is 0 Å². The maximum absolute atomic E-state index is 10.3. The Morgan fingerprint density at radius 1 is 1.23 bits per heavy atom. The second-order valence-electron chi connectivity index (χ2n) is 3.34. The molecule has 0 amide bonds. The van der Waals surface area contributed by atoms with Crippen LogP contribution in [0.4, 0.5) is 0 Å². The molecule has 1 atom stereocenters. The monoisotopic (exact) mass is 249 g/mol. The summed E-state index contributed by atoms with van der Waals surface area (Å²) in [5.74, 6) is -0.992. The van der Waals surface area contributed by atoms with Crippen LogP contribution in [0.5, 0.6) is 0 Å². The number of aliphatic carboxylic acids is 1. The summed E-state index contributed by atoms with van der Waals surface area (Å²) in [6, 6.07) is 0. The number of rotatable bonds is 8. The lowest BCUT2D eigenvalue weighted by Crippen LogP contribution is -2.31. The van der Waals surface area contributed by atoms with E-state index in [1.165, 1.54) is 25.7 Å². The van der Waals surface area contributed by atoms with Crippen LogP contribution in [-0.4, -0.2) is 10.8 Å². The van der Waals surface area contributed by atoms with Gasteiger partial charge in [-0.05, 0) is 6.42 Å². The summed E-state index contributed by atoms with van der Waals surface area (Å²) in [5, 5.41) is 10.3. The molecule has 0 spiro atoms. The summed E-state index contributed by atoms with van der Waals surface area (Å²) in [6.45, 7) is 2.19. The minimum Gasteiger partial charge on any atom is -0.549 e. The molecule has 2 nitrogen and oxygen atoms in total. The van der Waals surface area contributed by atoms with Crippen molar-refractivity contribution < 1.29 is 9.90 Å². The van der Waals surface area contributed by atoms with E-state index in [2.05, 4.69) is 22.9 Å². The van der Waals surface area contributed by atoms with Crippen LogP contribution in [0.25, 0.3) is 0 Å². The van der Waals surface area contributed by atoms with E-state index < -0.39 is 10.8 Å². The number of halogens is 1. The smallest absolute Gasteiger partial charge is 0.0551 e. The number of hydrogen-bond donors (Lipinski definition) is 0. The van der Waals surface area contributed by atoms with Gasteiger partial charge in [0.1, 0.15) is 0 Å². The van der Waals surface area contributed by atoms with Crippen LogP contribution < -0.4 is 5.11 Å². The van der Waals surface area contributed by atoms with Gasteiger partial charge in [-0.2, -0.15) is 0 Å². The van der Waals surface area contributed by atoms with Gasteiger partial charge >= 0.3 is 0 Å². The Morgan fingerprint density at radius 3 is 2.31 bits per heavy atom. The molecule has 0 heterocycles. The predicted molar refractivity (Wildman–Crippen MR) is 55.7 cm³/mol. The van der Waals surface area contributed by atoms with Crippen molar-refractivity contribution in [3.05, 3.63) is 0 Å². The first kappa shape index (κ1) is 12.9. The third kappa shape index (κ3) is 8.28. The van der Waals surface area contributed by atoms with Gasteiger partial charge in [0.2, 0.25) is 0 Å². The molecule has 0 radical (unpaired) electrons. The molecular formula is C10H18BrO2-. The number of carboxylic acids is 1. The van der Waals surface area contributed by atoms with Gasteiger partial charge in [0.05, 0.1) is 10.8 Å². The average molecular weight is 250 g/mol. The molecule has 13 heavy (non-hydrogen) atoms. The summed E-state index contributed by atoms with van der Waals surface area (Å²) >= 11 is 3.06. The van der Waals surface area contributed by atoms with Crippen LogP contribution in [-0.2, 0) is 4.79 Å². The van der Waals surface area contributed by atoms with Gasteiger partial charge < -0.3 is 9.90 Å². The maximum Gasteiger partial charge on any atom is 0.0551 e. The van der Waals surface area contributed by atoms with Crippen molar-refractivity contribution in [1.29, 1.82) is 0 Å². The first-order valence-corrected chi connectivity index (χ1v) is 5.95. The largest absolute Gasteiger partial charge is 0.549 e. The predicted octanol–water partition coefficient (Wildman–Crippen LogP) is 2.25. The summed E-state index contributed by atoms with van der Waals surface area (Å²) in [6.07, 6.45) is 7.84. The number of carbonyl (C=O) groups is 1. The van der Waals surface area contributed by atoms with Gasteiger partial charge in [-0.1, -0.05) is 61.4 Å². The topological polar surface area (TPSA) is 40.1 Å². The average Bonchev–Trinajstić information content (AvgIpc) is 2.10. The van der Waals surface area contributed by atoms with Gasteiger partial charge in [0.25, 0.3) is 0 Å². The molecule has 0 aromatic carbocycles. The molecule has 0 aliphatic carbocycles. The molecule has 0 aliphatic heterocycles. The molecule has 0 N–H and O–H groups in total. The molecule has 0 aromatic heterocycles. The highest BCUT2D eigenvalue weighted by Gasteiger charge is 2.03. The molecule has 0 rings (SSSR count). The quantitative estimate of drug-likeness (QED) is 0.489. The van der Waals surface area contributed by atoms with Gasteiger partial charge in [0, 0.05) is 0 Å². The lowest BCUT2D eigenvalue weighted by molar-refractivity contribution is -0.304. The van der Waals surface area contributed by atoms with Crippen molar-refractivity contribution in [3.8, 4) is 0 Å². The van der Waals surface area contributed by atoms with Crippen LogP contribution >= 0.6 is 15.9 Å². The van der Waals surface area contributed by atoms with E-state index in [0.717, 1.165) is 12.8 Å². The molecule has 0 fully saturated rings. The summed E-state index contributed by atoms with van der Waals surface area (Å²) in [5.41, 5.74) is 0. The maximum atomic E-state index is 10.3. The van der Waals surface area contributed by atoms with E-state index in [-0.39, 0.29) is 0 Å². The van der Waals surface area contributed by atoms with E-state index in [1.807, 2.05) is 0 Å².